The van der Waals surface area contributed by atoms with Gasteiger partial charge in [0, 0.05) is 6.54 Å². The number of carboxylic acid groups (broad SMARTS) is 1. The van der Waals surface area contributed by atoms with Crippen molar-refractivity contribution in [3.63, 3.8) is 0 Å². The lowest BCUT2D eigenvalue weighted by Crippen LogP contribution is -2.59. The lowest BCUT2D eigenvalue weighted by atomic mass is 10.0. The quantitative estimate of drug-likeness (QED) is 0.0494. The second-order valence-electron chi connectivity index (χ2n) is 8.70. The fraction of sp³-hybridized carbons (Fsp3) is 0.714. The molecule has 15 nitrogen and oxygen atoms in total. The number of unbranched alkanes of at least 4 members (excludes halogenated alkanes) is 1. The number of primary amides is 1. The molecule has 0 aromatic carbocycles. The van der Waals surface area contributed by atoms with Crippen molar-refractivity contribution >= 4 is 35.6 Å². The number of hydrogen-bond acceptors (Lipinski definition) is 8. The molecule has 0 rings (SSSR count). The Morgan fingerprint density at radius 3 is 1.94 bits per heavy atom. The third-order valence-corrected chi connectivity index (χ3v) is 5.15. The third-order valence-electron chi connectivity index (χ3n) is 5.15. The van der Waals surface area contributed by atoms with Crippen molar-refractivity contribution < 1.29 is 29.1 Å². The van der Waals surface area contributed by atoms with Crippen LogP contribution in [0, 0.1) is 5.92 Å². The molecule has 0 spiro atoms. The van der Waals surface area contributed by atoms with Gasteiger partial charge >= 0.3 is 5.97 Å². The average molecular weight is 516 g/mol. The van der Waals surface area contributed by atoms with Crippen molar-refractivity contribution in [3.05, 3.63) is 0 Å². The zero-order valence-electron chi connectivity index (χ0n) is 20.9. The van der Waals surface area contributed by atoms with Gasteiger partial charge in [0.05, 0.1) is 12.5 Å². The monoisotopic (exact) mass is 515 g/mol. The van der Waals surface area contributed by atoms with E-state index in [9.17, 15) is 29.1 Å². The molecule has 0 heterocycles. The summed E-state index contributed by atoms with van der Waals surface area (Å²) in [4.78, 5) is 65.0. The van der Waals surface area contributed by atoms with Crippen molar-refractivity contribution in [3.8, 4) is 0 Å². The minimum atomic E-state index is -1.40. The first-order valence-electron chi connectivity index (χ1n) is 11.7. The highest BCUT2D eigenvalue weighted by Gasteiger charge is 2.32. The molecular formula is C21H41N9O6. The van der Waals surface area contributed by atoms with Gasteiger partial charge in [0.2, 0.25) is 23.6 Å². The zero-order valence-corrected chi connectivity index (χ0v) is 20.9. The molecule has 0 aliphatic rings. The molecule has 0 aromatic rings. The van der Waals surface area contributed by atoms with Crippen LogP contribution in [0.2, 0.25) is 0 Å². The number of aliphatic imine (C=N–C) groups is 1. The van der Waals surface area contributed by atoms with Crippen LogP contribution in [-0.2, 0) is 24.0 Å². The summed E-state index contributed by atoms with van der Waals surface area (Å²) in [6, 6.07) is -4.72. The van der Waals surface area contributed by atoms with E-state index in [0.717, 1.165) is 0 Å². The van der Waals surface area contributed by atoms with Crippen LogP contribution < -0.4 is 44.6 Å². The number of guanidine groups is 1. The Kier molecular flexibility index (Phi) is 15.4. The van der Waals surface area contributed by atoms with Gasteiger partial charge in [0.25, 0.3) is 0 Å². The van der Waals surface area contributed by atoms with Crippen LogP contribution in [0.3, 0.4) is 0 Å². The molecule has 0 fully saturated rings. The summed E-state index contributed by atoms with van der Waals surface area (Å²) >= 11 is 0. The topological polar surface area (TPSA) is 284 Å². The Bertz CT molecular complexity index is 786. The number of nitrogens with zero attached hydrogens (tertiary/aromatic N) is 1. The van der Waals surface area contributed by atoms with Crippen molar-refractivity contribution in [2.75, 3.05) is 13.1 Å². The molecule has 36 heavy (non-hydrogen) atoms. The molecule has 0 saturated heterocycles. The van der Waals surface area contributed by atoms with Gasteiger partial charge in [-0.05, 0) is 44.6 Å². The van der Waals surface area contributed by atoms with Gasteiger partial charge in [-0.25, -0.2) is 4.79 Å². The number of carboxylic acids is 1. The van der Waals surface area contributed by atoms with Crippen molar-refractivity contribution in [2.24, 2.45) is 39.6 Å². The maximum atomic E-state index is 12.9. The molecule has 0 aliphatic carbocycles. The summed E-state index contributed by atoms with van der Waals surface area (Å²) in [5.41, 5.74) is 27.0. The lowest BCUT2D eigenvalue weighted by Gasteiger charge is -2.26. The first-order valence-corrected chi connectivity index (χ1v) is 11.7. The highest BCUT2D eigenvalue weighted by Crippen LogP contribution is 2.07. The Hall–Kier alpha value is -3.46. The summed E-state index contributed by atoms with van der Waals surface area (Å²) in [6.07, 6.45) is 1.30. The van der Waals surface area contributed by atoms with E-state index in [4.69, 9.17) is 28.7 Å². The molecule has 0 bridgehead atoms. The van der Waals surface area contributed by atoms with Crippen molar-refractivity contribution in [1.82, 2.24) is 16.0 Å². The number of hydrogen-bond donors (Lipinski definition) is 9. The van der Waals surface area contributed by atoms with E-state index < -0.39 is 66.1 Å². The first kappa shape index (κ1) is 32.5. The van der Waals surface area contributed by atoms with E-state index in [1.165, 1.54) is 0 Å². The maximum absolute atomic E-state index is 12.9. The third kappa shape index (κ3) is 13.4. The molecule has 14 N–H and O–H groups in total. The first-order chi connectivity index (χ1) is 16.8. The number of nitrogens with two attached hydrogens (primary N) is 5. The normalized spacial score (nSPS) is 14.1. The summed E-state index contributed by atoms with van der Waals surface area (Å²) in [7, 11) is 0. The zero-order chi connectivity index (χ0) is 27.8. The van der Waals surface area contributed by atoms with Gasteiger partial charge < -0.3 is 49.7 Å². The lowest BCUT2D eigenvalue weighted by molar-refractivity contribution is -0.143. The SMILES string of the molecule is CC(C)C(NC(=O)C(CC(N)=O)NC(=O)C(N)CCCN=C(N)N)C(=O)NC(CCCCN)C(=O)O. The van der Waals surface area contributed by atoms with E-state index >= 15 is 0 Å². The predicted molar refractivity (Wildman–Crippen MR) is 133 cm³/mol. The predicted octanol–water partition coefficient (Wildman–Crippen LogP) is -3.43. The van der Waals surface area contributed by atoms with Crippen LogP contribution in [0.1, 0.15) is 52.4 Å². The van der Waals surface area contributed by atoms with Crippen LogP contribution in [0.25, 0.3) is 0 Å². The van der Waals surface area contributed by atoms with Crippen LogP contribution in [0.4, 0.5) is 0 Å². The number of carbonyl (C=O) groups is 5. The second-order valence-corrected chi connectivity index (χ2v) is 8.70. The number of aliphatic carboxylic acids is 1. The molecular weight excluding hydrogens is 474 g/mol. The van der Waals surface area contributed by atoms with Crippen molar-refractivity contribution in [1.29, 1.82) is 0 Å². The molecule has 0 radical (unpaired) electrons. The van der Waals surface area contributed by atoms with Crippen molar-refractivity contribution in [2.45, 2.75) is 76.5 Å². The Morgan fingerprint density at radius 2 is 1.44 bits per heavy atom. The number of nitrogens with one attached hydrogen (secondary N) is 3. The van der Waals surface area contributed by atoms with Crippen LogP contribution in [0.5, 0.6) is 0 Å². The molecule has 4 unspecified atom stereocenters. The smallest absolute Gasteiger partial charge is 0.326 e. The van der Waals surface area contributed by atoms with Crippen LogP contribution in [0.15, 0.2) is 4.99 Å². The average Bonchev–Trinajstić information content (AvgIpc) is 2.77. The minimum Gasteiger partial charge on any atom is -0.480 e. The van der Waals surface area contributed by atoms with Crippen LogP contribution in [-0.4, -0.2) is 77.9 Å². The van der Waals surface area contributed by atoms with Gasteiger partial charge in [-0.2, -0.15) is 0 Å². The molecule has 15 heteroatoms. The van der Waals surface area contributed by atoms with E-state index in [0.29, 0.717) is 25.8 Å². The van der Waals surface area contributed by atoms with E-state index in [1.54, 1.807) is 13.8 Å². The largest absolute Gasteiger partial charge is 0.480 e. The summed E-state index contributed by atoms with van der Waals surface area (Å²) in [5, 5.41) is 16.7. The van der Waals surface area contributed by atoms with E-state index in [2.05, 4.69) is 20.9 Å². The highest BCUT2D eigenvalue weighted by molar-refractivity contribution is 5.96. The molecule has 0 aliphatic heterocycles. The molecule has 0 aromatic heterocycles. The molecule has 4 amide bonds. The molecule has 206 valence electrons. The fourth-order valence-corrected chi connectivity index (χ4v) is 3.14. The summed E-state index contributed by atoms with van der Waals surface area (Å²) < 4.78 is 0. The van der Waals surface area contributed by atoms with E-state index in [1.807, 2.05) is 0 Å². The number of amides is 4. The number of rotatable bonds is 18. The Balaban J connectivity index is 5.30. The number of carbonyl (C=O) groups excluding carboxylic acids is 4. The second kappa shape index (κ2) is 17.0. The van der Waals surface area contributed by atoms with E-state index in [-0.39, 0.29) is 25.3 Å². The van der Waals surface area contributed by atoms with Gasteiger partial charge in [0.1, 0.15) is 18.1 Å². The summed E-state index contributed by atoms with van der Waals surface area (Å²) in [6.45, 7) is 3.92. The summed E-state index contributed by atoms with van der Waals surface area (Å²) in [5.74, 6) is -4.92. The minimum absolute atomic E-state index is 0.0970. The van der Waals surface area contributed by atoms with Gasteiger partial charge in [-0.3, -0.25) is 24.2 Å². The van der Waals surface area contributed by atoms with Crippen LogP contribution >= 0.6 is 0 Å². The Labute approximate surface area is 210 Å². The van der Waals surface area contributed by atoms with Gasteiger partial charge in [0.15, 0.2) is 5.96 Å². The molecule has 0 saturated carbocycles. The maximum Gasteiger partial charge on any atom is 0.326 e. The highest BCUT2D eigenvalue weighted by atomic mass is 16.4. The van der Waals surface area contributed by atoms with Gasteiger partial charge in [-0.1, -0.05) is 13.8 Å². The fourth-order valence-electron chi connectivity index (χ4n) is 3.14. The van der Waals surface area contributed by atoms with Gasteiger partial charge in [-0.15, -0.1) is 0 Å². The standard InChI is InChI=1S/C21H41N9O6/c1-11(2)16(19(34)28-13(20(35)36)7-3-4-8-22)30-18(33)14(10-15(24)31)29-17(32)12(23)6-5-9-27-21(25)26/h11-14,16H,3-10,22-23H2,1-2H3,(H2,24,31)(H,28,34)(H,29,32)(H,30,33)(H,35,36)(H4,25,26,27). The Morgan fingerprint density at radius 1 is 0.833 bits per heavy atom. The molecule has 4 atom stereocenters.